The first-order valence-corrected chi connectivity index (χ1v) is 11.4. The van der Waals surface area contributed by atoms with Gasteiger partial charge in [-0.1, -0.05) is 12.1 Å². The lowest BCUT2D eigenvalue weighted by Gasteiger charge is -2.10. The summed E-state index contributed by atoms with van der Waals surface area (Å²) in [5.74, 6) is 0.928. The normalized spacial score (nSPS) is 10.7. The van der Waals surface area contributed by atoms with Crippen molar-refractivity contribution in [3.63, 3.8) is 0 Å². The van der Waals surface area contributed by atoms with Gasteiger partial charge in [0.1, 0.15) is 22.7 Å². The van der Waals surface area contributed by atoms with E-state index in [1.165, 1.54) is 29.8 Å². The minimum atomic E-state index is -0.279. The zero-order valence-corrected chi connectivity index (χ0v) is 18.8. The van der Waals surface area contributed by atoms with Gasteiger partial charge in [0, 0.05) is 29.6 Å². The molecule has 2 aromatic heterocycles. The highest BCUT2D eigenvalue weighted by atomic mass is 32.1. The third-order valence-corrected chi connectivity index (χ3v) is 5.62. The van der Waals surface area contributed by atoms with Gasteiger partial charge in [-0.3, -0.25) is 0 Å². The summed E-state index contributed by atoms with van der Waals surface area (Å²) in [4.78, 5) is 21.0. The Morgan fingerprint density at radius 1 is 1.03 bits per heavy atom. The number of ether oxygens (including phenoxy) is 2. The van der Waals surface area contributed by atoms with Crippen molar-refractivity contribution in [2.24, 2.45) is 0 Å². The minimum absolute atomic E-state index is 0.240. The summed E-state index contributed by atoms with van der Waals surface area (Å²) in [7, 11) is 0. The highest BCUT2D eigenvalue weighted by molar-refractivity contribution is 7.17. The van der Waals surface area contributed by atoms with Crippen LogP contribution >= 0.6 is 11.3 Å². The molecule has 2 heterocycles. The average molecular weight is 467 g/mol. The predicted octanol–water partition coefficient (Wildman–Crippen LogP) is 5.49. The first-order chi connectivity index (χ1) is 16.1. The molecule has 0 saturated carbocycles. The van der Waals surface area contributed by atoms with E-state index in [1.54, 1.807) is 36.4 Å². The molecule has 7 nitrogen and oxygen atoms in total. The van der Waals surface area contributed by atoms with Gasteiger partial charge in [-0.15, -0.1) is 11.3 Å². The highest BCUT2D eigenvalue weighted by Gasteiger charge is 2.14. The fourth-order valence-corrected chi connectivity index (χ4v) is 4.09. The quantitative estimate of drug-likeness (QED) is 0.319. The van der Waals surface area contributed by atoms with Crippen molar-refractivity contribution in [1.82, 2.24) is 15.3 Å². The molecule has 0 aliphatic carbocycles. The number of hydrogen-bond donors (Lipinski definition) is 2. The molecule has 170 valence electrons. The van der Waals surface area contributed by atoms with Crippen LogP contribution in [0.15, 0.2) is 60.2 Å². The van der Waals surface area contributed by atoms with Crippen LogP contribution in [0.4, 0.5) is 14.9 Å². The number of hydrogen-bond acceptors (Lipinski definition) is 6. The number of fused-ring (bicyclic) bond motifs is 1. The van der Waals surface area contributed by atoms with Crippen LogP contribution in [0.1, 0.15) is 13.3 Å². The molecule has 0 bridgehead atoms. The number of rotatable bonds is 9. The molecule has 33 heavy (non-hydrogen) atoms. The number of amides is 2. The lowest BCUT2D eigenvalue weighted by atomic mass is 10.1. The Hall–Kier alpha value is -3.72. The van der Waals surface area contributed by atoms with E-state index in [0.717, 1.165) is 21.3 Å². The number of carbonyl (C=O) groups is 1. The summed E-state index contributed by atoms with van der Waals surface area (Å²) in [5.41, 5.74) is 2.50. The Morgan fingerprint density at radius 2 is 1.79 bits per heavy atom. The molecule has 0 spiro atoms. The maximum absolute atomic E-state index is 13.3. The summed E-state index contributed by atoms with van der Waals surface area (Å²) in [6, 6.07) is 13.3. The van der Waals surface area contributed by atoms with Crippen molar-refractivity contribution in [3.8, 4) is 22.8 Å². The number of nitrogens with zero attached hydrogens (tertiary/aromatic N) is 2. The first kappa shape index (κ1) is 22.5. The largest absolute Gasteiger partial charge is 0.493 e. The third kappa shape index (κ3) is 5.75. The number of benzene rings is 2. The molecule has 0 radical (unpaired) electrons. The lowest BCUT2D eigenvalue weighted by Crippen LogP contribution is -2.28. The Balaban J connectivity index is 1.31. The van der Waals surface area contributed by atoms with Crippen molar-refractivity contribution < 1.29 is 18.7 Å². The summed E-state index contributed by atoms with van der Waals surface area (Å²) < 4.78 is 25.0. The Morgan fingerprint density at radius 3 is 2.55 bits per heavy atom. The van der Waals surface area contributed by atoms with E-state index in [0.29, 0.717) is 43.5 Å². The lowest BCUT2D eigenvalue weighted by molar-refractivity contribution is 0.244. The zero-order chi connectivity index (χ0) is 23.0. The van der Waals surface area contributed by atoms with Crippen LogP contribution in [-0.2, 0) is 0 Å². The molecule has 0 fully saturated rings. The van der Waals surface area contributed by atoms with Crippen molar-refractivity contribution in [1.29, 1.82) is 0 Å². The molecule has 4 rings (SSSR count). The molecule has 9 heteroatoms. The SMILES string of the molecule is CCNC(=O)Nc1ccc(OCCCOc2ncnc3scc(-c4ccc(F)cc4)c23)cc1. The number of halogens is 1. The topological polar surface area (TPSA) is 85.4 Å². The maximum atomic E-state index is 13.3. The van der Waals surface area contributed by atoms with Gasteiger partial charge < -0.3 is 20.1 Å². The van der Waals surface area contributed by atoms with Gasteiger partial charge in [-0.2, -0.15) is 0 Å². The summed E-state index contributed by atoms with van der Waals surface area (Å²) >= 11 is 1.50. The van der Waals surface area contributed by atoms with E-state index in [9.17, 15) is 9.18 Å². The van der Waals surface area contributed by atoms with E-state index >= 15 is 0 Å². The molecule has 2 aromatic carbocycles. The standard InChI is InChI=1S/C24H23FN4O3S/c1-2-26-24(30)29-18-8-10-19(11-9-18)31-12-3-13-32-22-21-20(14-33-23(21)28-15-27-22)16-4-6-17(25)7-5-16/h4-11,14-15H,2-3,12-13H2,1H3,(H2,26,29,30). The molecule has 0 aliphatic heterocycles. The van der Waals surface area contributed by atoms with Gasteiger partial charge >= 0.3 is 6.03 Å². The maximum Gasteiger partial charge on any atom is 0.319 e. The number of urea groups is 1. The summed E-state index contributed by atoms with van der Waals surface area (Å²) in [6.07, 6.45) is 2.13. The third-order valence-electron chi connectivity index (χ3n) is 4.74. The number of aromatic nitrogens is 2. The molecule has 2 N–H and O–H groups in total. The zero-order valence-electron chi connectivity index (χ0n) is 18.0. The molecule has 4 aromatic rings. The fraction of sp³-hybridized carbons (Fsp3) is 0.208. The first-order valence-electron chi connectivity index (χ1n) is 10.5. The number of nitrogens with one attached hydrogen (secondary N) is 2. The Labute approximate surface area is 194 Å². The second-order valence-electron chi connectivity index (χ2n) is 7.07. The summed E-state index contributed by atoms with van der Waals surface area (Å²) in [6.45, 7) is 3.31. The molecule has 0 atom stereocenters. The van der Waals surface area contributed by atoms with E-state index in [2.05, 4.69) is 20.6 Å². The number of thiophene rings is 1. The van der Waals surface area contributed by atoms with Crippen LogP contribution in [0.3, 0.4) is 0 Å². The van der Waals surface area contributed by atoms with E-state index < -0.39 is 0 Å². The van der Waals surface area contributed by atoms with E-state index in [4.69, 9.17) is 9.47 Å². The molecule has 0 aliphatic rings. The van der Waals surface area contributed by atoms with Crippen LogP contribution in [0, 0.1) is 5.82 Å². The Kier molecular flexibility index (Phi) is 7.31. The van der Waals surface area contributed by atoms with Crippen LogP contribution in [0.25, 0.3) is 21.3 Å². The van der Waals surface area contributed by atoms with Gasteiger partial charge in [0.15, 0.2) is 0 Å². The van der Waals surface area contributed by atoms with Gasteiger partial charge in [0.05, 0.1) is 18.6 Å². The Bertz CT molecular complexity index is 1210. The second kappa shape index (κ2) is 10.7. The number of carbonyl (C=O) groups excluding carboxylic acids is 1. The van der Waals surface area contributed by atoms with E-state index in [1.807, 2.05) is 12.3 Å². The van der Waals surface area contributed by atoms with Crippen LogP contribution in [0.2, 0.25) is 0 Å². The van der Waals surface area contributed by atoms with Crippen molar-refractivity contribution >= 4 is 33.3 Å². The average Bonchev–Trinajstić information content (AvgIpc) is 3.26. The summed E-state index contributed by atoms with van der Waals surface area (Å²) in [5, 5.41) is 8.22. The van der Waals surface area contributed by atoms with Crippen LogP contribution in [0.5, 0.6) is 11.6 Å². The van der Waals surface area contributed by atoms with Crippen molar-refractivity contribution in [2.45, 2.75) is 13.3 Å². The van der Waals surface area contributed by atoms with Gasteiger partial charge in [0.2, 0.25) is 5.88 Å². The van der Waals surface area contributed by atoms with Gasteiger partial charge in [-0.05, 0) is 48.9 Å². The minimum Gasteiger partial charge on any atom is -0.493 e. The number of anilines is 1. The van der Waals surface area contributed by atoms with Crippen molar-refractivity contribution in [2.75, 3.05) is 25.1 Å². The van der Waals surface area contributed by atoms with Crippen LogP contribution in [-0.4, -0.2) is 35.8 Å². The fourth-order valence-electron chi connectivity index (χ4n) is 3.19. The molecular formula is C24H23FN4O3S. The monoisotopic (exact) mass is 466 g/mol. The molecular weight excluding hydrogens is 443 g/mol. The highest BCUT2D eigenvalue weighted by Crippen LogP contribution is 2.37. The smallest absolute Gasteiger partial charge is 0.319 e. The molecule has 0 saturated heterocycles. The van der Waals surface area contributed by atoms with Crippen molar-refractivity contribution in [3.05, 3.63) is 66.1 Å². The molecule has 0 unspecified atom stereocenters. The molecule has 2 amide bonds. The second-order valence-corrected chi connectivity index (χ2v) is 7.93. The van der Waals surface area contributed by atoms with Gasteiger partial charge in [0.25, 0.3) is 0 Å². The van der Waals surface area contributed by atoms with Gasteiger partial charge in [-0.25, -0.2) is 19.2 Å². The van der Waals surface area contributed by atoms with E-state index in [-0.39, 0.29) is 11.8 Å². The van der Waals surface area contributed by atoms with Crippen LogP contribution < -0.4 is 20.1 Å². The predicted molar refractivity (Wildman–Crippen MR) is 128 cm³/mol.